The topological polar surface area (TPSA) is 24.7 Å². The Morgan fingerprint density at radius 3 is 3.09 bits per heavy atom. The molecule has 0 N–H and O–H groups in total. The van der Waals surface area contributed by atoms with E-state index in [0.29, 0.717) is 5.92 Å². The molecule has 1 aliphatic rings. The summed E-state index contributed by atoms with van der Waals surface area (Å²) in [5, 5.41) is 0.964. The van der Waals surface area contributed by atoms with Gasteiger partial charge in [0, 0.05) is 12.0 Å². The molecule has 0 spiro atoms. The molecule has 62 valence electrons. The summed E-state index contributed by atoms with van der Waals surface area (Å²) in [5.41, 5.74) is 0. The molecule has 0 saturated carbocycles. The van der Waals surface area contributed by atoms with E-state index >= 15 is 0 Å². The molecule has 0 bridgehead atoms. The van der Waals surface area contributed by atoms with Crippen LogP contribution < -0.4 is 0 Å². The first-order valence-electron chi connectivity index (χ1n) is 3.99. The lowest BCUT2D eigenvalue weighted by atomic mass is 10.2. The van der Waals surface area contributed by atoms with Gasteiger partial charge in [-0.05, 0) is 12.3 Å². The van der Waals surface area contributed by atoms with Gasteiger partial charge in [-0.2, -0.15) is 0 Å². The van der Waals surface area contributed by atoms with Crippen molar-refractivity contribution in [3.63, 3.8) is 0 Å². The van der Waals surface area contributed by atoms with Crippen molar-refractivity contribution in [2.75, 3.05) is 12.3 Å². The van der Waals surface area contributed by atoms with Crippen molar-refractivity contribution < 1.29 is 0 Å². The van der Waals surface area contributed by atoms with Crippen LogP contribution in [0.2, 0.25) is 0 Å². The van der Waals surface area contributed by atoms with E-state index in [4.69, 9.17) is 0 Å². The average molecular weight is 170 g/mol. The summed E-state index contributed by atoms with van der Waals surface area (Å²) in [6.45, 7) is 5.32. The van der Waals surface area contributed by atoms with Gasteiger partial charge >= 0.3 is 0 Å². The van der Waals surface area contributed by atoms with Crippen LogP contribution in [0.1, 0.15) is 20.3 Å². The molecule has 0 aromatic heterocycles. The highest BCUT2D eigenvalue weighted by Crippen LogP contribution is 2.12. The quantitative estimate of drug-likeness (QED) is 0.583. The summed E-state index contributed by atoms with van der Waals surface area (Å²) < 4.78 is 0. The molecule has 1 heterocycles. The molecular formula is C8H14N2S. The molecule has 1 rings (SSSR count). The SMILES string of the molecule is CC(C)CC=NC1=NCCS1. The minimum absolute atomic E-state index is 0.700. The summed E-state index contributed by atoms with van der Waals surface area (Å²) in [7, 11) is 0. The Hall–Kier alpha value is -0.310. The summed E-state index contributed by atoms with van der Waals surface area (Å²) in [5.74, 6) is 1.81. The summed E-state index contributed by atoms with van der Waals surface area (Å²) >= 11 is 1.75. The number of hydrogen-bond acceptors (Lipinski definition) is 3. The van der Waals surface area contributed by atoms with E-state index in [1.807, 2.05) is 6.21 Å². The minimum atomic E-state index is 0.700. The van der Waals surface area contributed by atoms with Crippen LogP contribution in [0, 0.1) is 5.92 Å². The Morgan fingerprint density at radius 2 is 2.55 bits per heavy atom. The summed E-state index contributed by atoms with van der Waals surface area (Å²) in [6, 6.07) is 0. The molecule has 3 heteroatoms. The van der Waals surface area contributed by atoms with E-state index in [2.05, 4.69) is 23.8 Å². The van der Waals surface area contributed by atoms with E-state index in [1.54, 1.807) is 11.8 Å². The van der Waals surface area contributed by atoms with E-state index in [0.717, 1.165) is 23.9 Å². The molecule has 0 aromatic rings. The predicted molar refractivity (Wildman–Crippen MR) is 52.7 cm³/mol. The van der Waals surface area contributed by atoms with Crippen LogP contribution in [0.4, 0.5) is 0 Å². The van der Waals surface area contributed by atoms with E-state index in [1.165, 1.54) is 0 Å². The molecule has 0 atom stereocenters. The molecule has 0 amide bonds. The third-order valence-electron chi connectivity index (χ3n) is 1.35. The first-order chi connectivity index (χ1) is 5.29. The van der Waals surface area contributed by atoms with Crippen LogP contribution in [0.5, 0.6) is 0 Å². The zero-order valence-corrected chi connectivity index (χ0v) is 7.90. The Kier molecular flexibility index (Phi) is 3.63. The second kappa shape index (κ2) is 4.54. The van der Waals surface area contributed by atoms with Crippen molar-refractivity contribution in [3.8, 4) is 0 Å². The predicted octanol–water partition coefficient (Wildman–Crippen LogP) is 2.21. The first kappa shape index (κ1) is 8.78. The van der Waals surface area contributed by atoms with Crippen LogP contribution in [0.25, 0.3) is 0 Å². The maximum Gasteiger partial charge on any atom is 0.182 e. The highest BCUT2D eigenvalue weighted by Gasteiger charge is 2.03. The number of aliphatic imine (C=N–C) groups is 2. The Balaban J connectivity index is 2.23. The third kappa shape index (κ3) is 3.56. The van der Waals surface area contributed by atoms with E-state index < -0.39 is 0 Å². The molecule has 1 aliphatic heterocycles. The second-order valence-corrected chi connectivity index (χ2v) is 4.02. The summed E-state index contributed by atoms with van der Waals surface area (Å²) in [4.78, 5) is 8.47. The van der Waals surface area contributed by atoms with Gasteiger partial charge in [-0.15, -0.1) is 0 Å². The fraction of sp³-hybridized carbons (Fsp3) is 0.750. The van der Waals surface area contributed by atoms with Crippen LogP contribution in [0.15, 0.2) is 9.98 Å². The highest BCUT2D eigenvalue weighted by molar-refractivity contribution is 8.14. The number of amidine groups is 1. The Labute approximate surface area is 72.2 Å². The van der Waals surface area contributed by atoms with Crippen molar-refractivity contribution in [1.29, 1.82) is 0 Å². The number of hydrogen-bond donors (Lipinski definition) is 0. The molecular weight excluding hydrogens is 156 g/mol. The van der Waals surface area contributed by atoms with Gasteiger partial charge in [-0.25, -0.2) is 4.99 Å². The monoisotopic (exact) mass is 170 g/mol. The lowest BCUT2D eigenvalue weighted by molar-refractivity contribution is 0.691. The molecule has 11 heavy (non-hydrogen) atoms. The number of thioether (sulfide) groups is 1. The largest absolute Gasteiger partial charge is 0.260 e. The zero-order valence-electron chi connectivity index (χ0n) is 7.08. The fourth-order valence-corrected chi connectivity index (χ4v) is 1.44. The van der Waals surface area contributed by atoms with Crippen molar-refractivity contribution in [2.45, 2.75) is 20.3 Å². The van der Waals surface area contributed by atoms with E-state index in [-0.39, 0.29) is 0 Å². The van der Waals surface area contributed by atoms with Gasteiger partial charge in [0.25, 0.3) is 0 Å². The van der Waals surface area contributed by atoms with Gasteiger partial charge in [0.05, 0.1) is 6.54 Å². The van der Waals surface area contributed by atoms with E-state index in [9.17, 15) is 0 Å². The average Bonchev–Trinajstić information content (AvgIpc) is 2.39. The zero-order chi connectivity index (χ0) is 8.10. The maximum atomic E-state index is 4.25. The molecule has 0 aromatic carbocycles. The standard InChI is InChI=1S/C8H14N2S/c1-7(2)3-4-9-8-10-5-6-11-8/h4,7H,3,5-6H2,1-2H3. The second-order valence-electron chi connectivity index (χ2n) is 2.95. The van der Waals surface area contributed by atoms with Gasteiger partial charge in [-0.3, -0.25) is 4.99 Å². The molecule has 2 nitrogen and oxygen atoms in total. The molecule has 0 aliphatic carbocycles. The molecule has 0 saturated heterocycles. The number of nitrogens with zero attached hydrogens (tertiary/aromatic N) is 2. The van der Waals surface area contributed by atoms with Crippen molar-refractivity contribution in [2.24, 2.45) is 15.9 Å². The first-order valence-corrected chi connectivity index (χ1v) is 4.97. The van der Waals surface area contributed by atoms with Crippen molar-refractivity contribution in [3.05, 3.63) is 0 Å². The molecule has 0 radical (unpaired) electrons. The Bertz CT molecular complexity index is 173. The minimum Gasteiger partial charge on any atom is -0.260 e. The summed E-state index contributed by atoms with van der Waals surface area (Å²) in [6.07, 6.45) is 3.03. The lowest BCUT2D eigenvalue weighted by Crippen LogP contribution is -1.89. The third-order valence-corrected chi connectivity index (χ3v) is 2.23. The molecule has 0 unspecified atom stereocenters. The van der Waals surface area contributed by atoms with Crippen LogP contribution in [-0.2, 0) is 0 Å². The van der Waals surface area contributed by atoms with Gasteiger partial charge in [0.1, 0.15) is 0 Å². The van der Waals surface area contributed by atoms with Crippen molar-refractivity contribution in [1.82, 2.24) is 0 Å². The van der Waals surface area contributed by atoms with Gasteiger partial charge in [0.15, 0.2) is 5.17 Å². The smallest absolute Gasteiger partial charge is 0.182 e. The van der Waals surface area contributed by atoms with Crippen LogP contribution in [0.3, 0.4) is 0 Å². The fourth-order valence-electron chi connectivity index (χ4n) is 0.744. The number of rotatable bonds is 2. The maximum absolute atomic E-state index is 4.25. The normalized spacial score (nSPS) is 18.3. The van der Waals surface area contributed by atoms with Gasteiger partial charge < -0.3 is 0 Å². The van der Waals surface area contributed by atoms with Gasteiger partial charge in [-0.1, -0.05) is 25.6 Å². The highest BCUT2D eigenvalue weighted by atomic mass is 32.2. The van der Waals surface area contributed by atoms with Crippen molar-refractivity contribution >= 4 is 23.1 Å². The molecule has 0 fully saturated rings. The van der Waals surface area contributed by atoms with Gasteiger partial charge in [0.2, 0.25) is 0 Å². The Morgan fingerprint density at radius 1 is 1.73 bits per heavy atom. The lowest BCUT2D eigenvalue weighted by Gasteiger charge is -1.95. The van der Waals surface area contributed by atoms with Crippen LogP contribution in [-0.4, -0.2) is 23.7 Å². The van der Waals surface area contributed by atoms with Crippen LogP contribution >= 0.6 is 11.8 Å².